The maximum atomic E-state index is 5.17. The Morgan fingerprint density at radius 1 is 1.15 bits per heavy atom. The first-order chi connectivity index (χ1) is 5.86. The van der Waals surface area contributed by atoms with Crippen LogP contribution in [0.3, 0.4) is 0 Å². The predicted octanol–water partition coefficient (Wildman–Crippen LogP) is -1.32. The fourth-order valence-electron chi connectivity index (χ4n) is 0.801. The first kappa shape index (κ1) is 12.3. The molecular formula is C9H12LiNO2. The molecule has 66 valence electrons. The normalized spacial score (nSPS) is 8.77. The molecule has 0 saturated carbocycles. The van der Waals surface area contributed by atoms with Crippen LogP contribution in [0, 0.1) is 6.07 Å². The number of rotatable bonds is 4. The van der Waals surface area contributed by atoms with Crippen LogP contribution in [0.15, 0.2) is 12.1 Å². The molecule has 0 fully saturated rings. The van der Waals surface area contributed by atoms with Gasteiger partial charge < -0.3 is 14.5 Å². The van der Waals surface area contributed by atoms with E-state index in [1.54, 1.807) is 12.1 Å². The summed E-state index contributed by atoms with van der Waals surface area (Å²) in [5.41, 5.74) is 0. The maximum Gasteiger partial charge on any atom is 1.00 e. The third-order valence-corrected chi connectivity index (χ3v) is 1.22. The molecular weight excluding hydrogens is 161 g/mol. The molecule has 0 spiro atoms. The van der Waals surface area contributed by atoms with E-state index in [0.29, 0.717) is 25.0 Å². The number of hydrogen-bond donors (Lipinski definition) is 0. The number of nitrogens with zero attached hydrogens (tertiary/aromatic N) is 1. The quantitative estimate of drug-likeness (QED) is 0.418. The Labute approximate surface area is 90.6 Å². The Balaban J connectivity index is 0.00000144. The second kappa shape index (κ2) is 6.82. The smallest absolute Gasteiger partial charge is 0.535 e. The fraction of sp³-hybridized carbons (Fsp3) is 0.444. The molecule has 1 aromatic rings. The molecule has 0 radical (unpaired) electrons. The van der Waals surface area contributed by atoms with E-state index < -0.39 is 0 Å². The van der Waals surface area contributed by atoms with Crippen LogP contribution < -0.4 is 28.3 Å². The van der Waals surface area contributed by atoms with Gasteiger partial charge in [-0.25, -0.2) is 0 Å². The van der Waals surface area contributed by atoms with E-state index in [0.717, 1.165) is 0 Å². The molecule has 1 aromatic heterocycles. The van der Waals surface area contributed by atoms with Gasteiger partial charge in [0.1, 0.15) is 0 Å². The van der Waals surface area contributed by atoms with Crippen molar-refractivity contribution in [3.8, 4) is 11.8 Å². The van der Waals surface area contributed by atoms with Crippen LogP contribution in [-0.2, 0) is 0 Å². The molecule has 1 rings (SSSR count). The molecule has 0 atom stereocenters. The monoisotopic (exact) mass is 173 g/mol. The first-order valence-electron chi connectivity index (χ1n) is 4.00. The van der Waals surface area contributed by atoms with Gasteiger partial charge in [-0.2, -0.15) is 6.07 Å². The molecule has 0 N–H and O–H groups in total. The molecule has 3 nitrogen and oxygen atoms in total. The number of pyridine rings is 1. The van der Waals surface area contributed by atoms with E-state index in [1.165, 1.54) is 0 Å². The van der Waals surface area contributed by atoms with Crippen molar-refractivity contribution in [1.82, 2.24) is 4.98 Å². The zero-order chi connectivity index (χ0) is 8.81. The summed E-state index contributed by atoms with van der Waals surface area (Å²) in [5.74, 6) is 1.12. The molecule has 0 aromatic carbocycles. The maximum absolute atomic E-state index is 5.17. The second-order valence-electron chi connectivity index (χ2n) is 2.11. The Kier molecular flexibility index (Phi) is 6.48. The molecule has 0 saturated heterocycles. The molecule has 0 aliphatic carbocycles. The Bertz CT molecular complexity index is 222. The van der Waals surface area contributed by atoms with E-state index >= 15 is 0 Å². The Morgan fingerprint density at radius 2 is 1.62 bits per heavy atom. The van der Waals surface area contributed by atoms with Crippen LogP contribution >= 0.6 is 0 Å². The van der Waals surface area contributed by atoms with Gasteiger partial charge in [0.25, 0.3) is 0 Å². The van der Waals surface area contributed by atoms with Crippen LogP contribution in [0.5, 0.6) is 11.8 Å². The average molecular weight is 173 g/mol. The van der Waals surface area contributed by atoms with Gasteiger partial charge in [0.2, 0.25) is 0 Å². The van der Waals surface area contributed by atoms with Crippen LogP contribution in [0.2, 0.25) is 0 Å². The van der Waals surface area contributed by atoms with E-state index in [4.69, 9.17) is 9.47 Å². The van der Waals surface area contributed by atoms with Gasteiger partial charge in [-0.3, -0.25) is 0 Å². The van der Waals surface area contributed by atoms with E-state index in [1.807, 2.05) is 13.8 Å². The van der Waals surface area contributed by atoms with Gasteiger partial charge in [-0.05, 0) is 13.8 Å². The topological polar surface area (TPSA) is 31.4 Å². The molecule has 0 bridgehead atoms. The standard InChI is InChI=1S/C9H12NO2.Li/c1-3-11-8-6-5-7-9(10-8)12-4-2;/h6-7H,3-4H2,1-2H3;/q-1;+1. The minimum absolute atomic E-state index is 0. The molecule has 4 heteroatoms. The van der Waals surface area contributed by atoms with Crippen LogP contribution in [0.4, 0.5) is 0 Å². The molecule has 0 amide bonds. The van der Waals surface area contributed by atoms with Crippen LogP contribution in [0.1, 0.15) is 13.8 Å². The molecule has 0 aliphatic heterocycles. The van der Waals surface area contributed by atoms with Crippen molar-refractivity contribution in [3.63, 3.8) is 0 Å². The van der Waals surface area contributed by atoms with Gasteiger partial charge in [-0.15, -0.1) is 12.1 Å². The number of ether oxygens (including phenoxy) is 2. The van der Waals surface area contributed by atoms with Crippen molar-refractivity contribution in [3.05, 3.63) is 18.2 Å². The first-order valence-corrected chi connectivity index (χ1v) is 4.00. The van der Waals surface area contributed by atoms with Crippen molar-refractivity contribution in [2.45, 2.75) is 13.8 Å². The summed E-state index contributed by atoms with van der Waals surface area (Å²) in [6.07, 6.45) is 0. The fourth-order valence-corrected chi connectivity index (χ4v) is 0.801. The van der Waals surface area contributed by atoms with E-state index in [9.17, 15) is 0 Å². The zero-order valence-electron chi connectivity index (χ0n) is 8.33. The molecule has 0 aliphatic rings. The third kappa shape index (κ3) is 4.21. The predicted molar refractivity (Wildman–Crippen MR) is 45.4 cm³/mol. The summed E-state index contributed by atoms with van der Waals surface area (Å²) >= 11 is 0. The summed E-state index contributed by atoms with van der Waals surface area (Å²) in [6, 6.07) is 6.26. The molecule has 0 unspecified atom stereocenters. The summed E-state index contributed by atoms with van der Waals surface area (Å²) < 4.78 is 10.3. The summed E-state index contributed by atoms with van der Waals surface area (Å²) in [6.45, 7) is 5.04. The summed E-state index contributed by atoms with van der Waals surface area (Å²) in [5, 5.41) is 0. The summed E-state index contributed by atoms with van der Waals surface area (Å²) in [4.78, 5) is 4.08. The Hall–Kier alpha value is -0.653. The minimum atomic E-state index is 0. The zero-order valence-corrected chi connectivity index (χ0v) is 8.33. The molecule has 1 heterocycles. The van der Waals surface area contributed by atoms with Crippen LogP contribution in [-0.4, -0.2) is 18.2 Å². The van der Waals surface area contributed by atoms with Gasteiger partial charge in [0.05, 0.1) is 25.0 Å². The average Bonchev–Trinajstić information content (AvgIpc) is 2.06. The number of aromatic nitrogens is 1. The third-order valence-electron chi connectivity index (χ3n) is 1.22. The Morgan fingerprint density at radius 3 is 2.00 bits per heavy atom. The minimum Gasteiger partial charge on any atom is -0.535 e. The largest absolute Gasteiger partial charge is 1.00 e. The van der Waals surface area contributed by atoms with Crippen molar-refractivity contribution in [2.75, 3.05) is 13.2 Å². The summed E-state index contributed by atoms with van der Waals surface area (Å²) in [7, 11) is 0. The van der Waals surface area contributed by atoms with Gasteiger partial charge in [-0.1, -0.05) is 0 Å². The van der Waals surface area contributed by atoms with Crippen molar-refractivity contribution in [2.24, 2.45) is 0 Å². The number of hydrogen-bond acceptors (Lipinski definition) is 3. The molecule has 13 heavy (non-hydrogen) atoms. The van der Waals surface area contributed by atoms with E-state index in [2.05, 4.69) is 11.1 Å². The van der Waals surface area contributed by atoms with Crippen LogP contribution in [0.25, 0.3) is 0 Å². The van der Waals surface area contributed by atoms with Gasteiger partial charge in [0.15, 0.2) is 0 Å². The second-order valence-corrected chi connectivity index (χ2v) is 2.11. The SMILES string of the molecule is CCOc1c[c-]cc(OCC)n1.[Li+]. The van der Waals surface area contributed by atoms with Crippen molar-refractivity contribution >= 4 is 0 Å². The van der Waals surface area contributed by atoms with Gasteiger partial charge in [0, 0.05) is 0 Å². The van der Waals surface area contributed by atoms with Crippen molar-refractivity contribution in [1.29, 1.82) is 0 Å². The van der Waals surface area contributed by atoms with Gasteiger partial charge >= 0.3 is 18.9 Å². The van der Waals surface area contributed by atoms with Crippen molar-refractivity contribution < 1.29 is 28.3 Å². The van der Waals surface area contributed by atoms with E-state index in [-0.39, 0.29) is 18.9 Å².